The third kappa shape index (κ3) is 5.92. The first kappa shape index (κ1) is 26.6. The minimum absolute atomic E-state index is 0.0132. The van der Waals surface area contributed by atoms with Gasteiger partial charge in [0.25, 0.3) is 0 Å². The van der Waals surface area contributed by atoms with E-state index in [2.05, 4.69) is 9.72 Å². The highest BCUT2D eigenvalue weighted by atomic mass is 19.4. The van der Waals surface area contributed by atoms with Gasteiger partial charge >= 0.3 is 12.8 Å². The van der Waals surface area contributed by atoms with Crippen molar-refractivity contribution in [3.8, 4) is 5.75 Å². The SMILES string of the molecule is Cc1ccc(N2C(=O)[C@H](CC(C)(C)c3cccc(C(F)(F)F)n3)C[C@@H]2c2cccc(OC(F)F)c2)cc1. The normalized spacial score (nSPS) is 18.5. The Kier molecular flexibility index (Phi) is 7.26. The second-order valence-corrected chi connectivity index (χ2v) is 9.94. The molecule has 0 saturated carbocycles. The summed E-state index contributed by atoms with van der Waals surface area (Å²) in [7, 11) is 0. The maximum absolute atomic E-state index is 13.7. The number of halogens is 5. The fraction of sp³-hybridized carbons (Fsp3) is 0.357. The highest BCUT2D eigenvalue weighted by Crippen LogP contribution is 2.45. The summed E-state index contributed by atoms with van der Waals surface area (Å²) in [6, 6.07) is 17.0. The van der Waals surface area contributed by atoms with Gasteiger partial charge in [0.2, 0.25) is 5.91 Å². The van der Waals surface area contributed by atoms with Crippen LogP contribution in [0.15, 0.2) is 66.7 Å². The van der Waals surface area contributed by atoms with Crippen molar-refractivity contribution in [2.24, 2.45) is 5.92 Å². The van der Waals surface area contributed by atoms with Crippen LogP contribution < -0.4 is 9.64 Å². The number of anilines is 1. The topological polar surface area (TPSA) is 42.4 Å². The number of carbonyl (C=O) groups excluding carboxylic acids is 1. The molecular weight excluding hydrogens is 491 g/mol. The van der Waals surface area contributed by atoms with Crippen LogP contribution in [0.1, 0.15) is 55.2 Å². The Morgan fingerprint density at radius 3 is 2.30 bits per heavy atom. The average Bonchev–Trinajstić information content (AvgIpc) is 3.14. The molecular formula is C28H27F5N2O2. The van der Waals surface area contributed by atoms with Gasteiger partial charge in [-0.25, -0.2) is 4.98 Å². The predicted molar refractivity (Wildman–Crippen MR) is 129 cm³/mol. The lowest BCUT2D eigenvalue weighted by atomic mass is 9.78. The van der Waals surface area contributed by atoms with Crippen LogP contribution in [0.4, 0.5) is 27.6 Å². The summed E-state index contributed by atoms with van der Waals surface area (Å²) in [5.41, 5.74) is 0.713. The van der Waals surface area contributed by atoms with E-state index in [-0.39, 0.29) is 23.8 Å². The van der Waals surface area contributed by atoms with Crippen molar-refractivity contribution in [2.45, 2.75) is 57.9 Å². The summed E-state index contributed by atoms with van der Waals surface area (Å²) in [6.45, 7) is 2.47. The molecule has 196 valence electrons. The summed E-state index contributed by atoms with van der Waals surface area (Å²) in [5.74, 6) is -0.729. The number of alkyl halides is 5. The fourth-order valence-corrected chi connectivity index (χ4v) is 4.88. The largest absolute Gasteiger partial charge is 0.435 e. The second kappa shape index (κ2) is 10.1. The molecule has 4 nitrogen and oxygen atoms in total. The molecule has 1 amide bonds. The lowest BCUT2D eigenvalue weighted by Gasteiger charge is -2.28. The third-order valence-electron chi connectivity index (χ3n) is 6.68. The molecule has 0 radical (unpaired) electrons. The van der Waals surface area contributed by atoms with Crippen LogP contribution >= 0.6 is 0 Å². The monoisotopic (exact) mass is 518 g/mol. The van der Waals surface area contributed by atoms with E-state index in [1.165, 1.54) is 24.3 Å². The van der Waals surface area contributed by atoms with Crippen molar-refractivity contribution >= 4 is 11.6 Å². The summed E-state index contributed by atoms with van der Waals surface area (Å²) >= 11 is 0. The zero-order valence-corrected chi connectivity index (χ0v) is 20.6. The first-order valence-electron chi connectivity index (χ1n) is 11.8. The first-order chi connectivity index (χ1) is 17.3. The molecule has 1 saturated heterocycles. The van der Waals surface area contributed by atoms with Gasteiger partial charge in [-0.05, 0) is 61.7 Å². The Morgan fingerprint density at radius 1 is 1.00 bits per heavy atom. The van der Waals surface area contributed by atoms with E-state index in [0.29, 0.717) is 17.7 Å². The van der Waals surface area contributed by atoms with Crippen molar-refractivity contribution in [1.82, 2.24) is 4.98 Å². The Labute approximate surface area is 212 Å². The zero-order valence-electron chi connectivity index (χ0n) is 20.6. The lowest BCUT2D eigenvalue weighted by molar-refractivity contribution is -0.141. The van der Waals surface area contributed by atoms with E-state index in [9.17, 15) is 26.7 Å². The predicted octanol–water partition coefficient (Wildman–Crippen LogP) is 7.47. The number of rotatable bonds is 7. The van der Waals surface area contributed by atoms with Gasteiger partial charge in [-0.1, -0.05) is 49.7 Å². The van der Waals surface area contributed by atoms with Gasteiger partial charge in [-0.2, -0.15) is 22.0 Å². The number of hydrogen-bond donors (Lipinski definition) is 0. The van der Waals surface area contributed by atoms with Crippen molar-refractivity contribution in [3.63, 3.8) is 0 Å². The van der Waals surface area contributed by atoms with Crippen molar-refractivity contribution in [2.75, 3.05) is 4.90 Å². The zero-order chi connectivity index (χ0) is 27.0. The number of carbonyl (C=O) groups is 1. The van der Waals surface area contributed by atoms with Crippen molar-refractivity contribution < 1.29 is 31.5 Å². The standard InChI is InChI=1S/C28H27F5N2O2/c1-17-10-12-20(13-11-17)35-22(18-6-4-7-21(14-18)37-26(29)30)15-19(25(35)36)16-27(2,3)23-8-5-9-24(34-23)28(31,32)33/h4-14,19,22,26H,15-16H2,1-3H3/t19-,22+/m0/s1. The number of ether oxygens (including phenoxy) is 1. The number of pyridine rings is 1. The molecule has 0 N–H and O–H groups in total. The number of hydrogen-bond acceptors (Lipinski definition) is 3. The molecule has 0 unspecified atom stereocenters. The van der Waals surface area contributed by atoms with Gasteiger partial charge in [0.1, 0.15) is 11.4 Å². The molecule has 9 heteroatoms. The van der Waals surface area contributed by atoms with Crippen LogP contribution in [0.25, 0.3) is 0 Å². The molecule has 2 aromatic carbocycles. The van der Waals surface area contributed by atoms with E-state index in [1.54, 1.807) is 30.9 Å². The summed E-state index contributed by atoms with van der Waals surface area (Å²) in [6.07, 6.45) is -3.96. The molecule has 0 bridgehead atoms. The smallest absolute Gasteiger partial charge is 0.433 e. The van der Waals surface area contributed by atoms with E-state index in [1.807, 2.05) is 31.2 Å². The van der Waals surface area contributed by atoms with Gasteiger partial charge in [0.05, 0.1) is 6.04 Å². The first-order valence-corrected chi connectivity index (χ1v) is 11.8. The van der Waals surface area contributed by atoms with Gasteiger partial charge in [-0.15, -0.1) is 0 Å². The van der Waals surface area contributed by atoms with Gasteiger partial charge in [0, 0.05) is 22.7 Å². The maximum atomic E-state index is 13.7. The van der Waals surface area contributed by atoms with Crippen molar-refractivity contribution in [3.05, 3.63) is 89.2 Å². The number of aromatic nitrogens is 1. The van der Waals surface area contributed by atoms with Crippen molar-refractivity contribution in [1.29, 1.82) is 0 Å². The molecule has 1 aliphatic rings. The molecule has 0 aliphatic carbocycles. The van der Waals surface area contributed by atoms with E-state index in [0.717, 1.165) is 11.6 Å². The number of amides is 1. The van der Waals surface area contributed by atoms with Gasteiger partial charge in [-0.3, -0.25) is 4.79 Å². The molecule has 1 aromatic heterocycles. The molecule has 0 spiro atoms. The second-order valence-electron chi connectivity index (χ2n) is 9.94. The molecule has 2 atom stereocenters. The molecule has 1 fully saturated rings. The molecule has 2 heterocycles. The number of benzene rings is 2. The molecule has 4 rings (SSSR count). The van der Waals surface area contributed by atoms with Crippen LogP contribution in [0.2, 0.25) is 0 Å². The Morgan fingerprint density at radius 2 is 1.65 bits per heavy atom. The quantitative estimate of drug-likeness (QED) is 0.305. The number of nitrogens with zero attached hydrogens (tertiary/aromatic N) is 2. The Bertz CT molecular complexity index is 1260. The number of aryl methyl sites for hydroxylation is 1. The van der Waals surface area contributed by atoms with E-state index >= 15 is 0 Å². The highest BCUT2D eigenvalue weighted by Gasteiger charge is 2.44. The van der Waals surface area contributed by atoms with Crippen LogP contribution in [-0.2, 0) is 16.4 Å². The van der Waals surface area contributed by atoms with E-state index < -0.39 is 35.9 Å². The summed E-state index contributed by atoms with van der Waals surface area (Å²) < 4.78 is 70.0. The Hall–Kier alpha value is -3.49. The third-order valence-corrected chi connectivity index (χ3v) is 6.68. The molecule has 37 heavy (non-hydrogen) atoms. The highest BCUT2D eigenvalue weighted by molar-refractivity contribution is 5.98. The summed E-state index contributed by atoms with van der Waals surface area (Å²) in [4.78, 5) is 19.2. The van der Waals surface area contributed by atoms with Crippen LogP contribution in [0.3, 0.4) is 0 Å². The fourth-order valence-electron chi connectivity index (χ4n) is 4.88. The van der Waals surface area contributed by atoms with Crippen LogP contribution in [0, 0.1) is 12.8 Å². The minimum atomic E-state index is -4.58. The average molecular weight is 519 g/mol. The maximum Gasteiger partial charge on any atom is 0.433 e. The molecule has 1 aliphatic heterocycles. The summed E-state index contributed by atoms with van der Waals surface area (Å²) in [5, 5.41) is 0. The lowest BCUT2D eigenvalue weighted by Crippen LogP contribution is -2.32. The van der Waals surface area contributed by atoms with Crippen LogP contribution in [-0.4, -0.2) is 17.5 Å². The van der Waals surface area contributed by atoms with Gasteiger partial charge in [0.15, 0.2) is 0 Å². The Balaban J connectivity index is 1.68. The molecule has 3 aromatic rings. The van der Waals surface area contributed by atoms with Gasteiger partial charge < -0.3 is 9.64 Å². The van der Waals surface area contributed by atoms with E-state index in [4.69, 9.17) is 0 Å². The minimum Gasteiger partial charge on any atom is -0.435 e. The van der Waals surface area contributed by atoms with Crippen LogP contribution in [0.5, 0.6) is 5.75 Å².